The van der Waals surface area contributed by atoms with E-state index in [0.29, 0.717) is 31.1 Å². The van der Waals surface area contributed by atoms with Gasteiger partial charge in [-0.15, -0.1) is 0 Å². The molecule has 2 aliphatic heterocycles. The van der Waals surface area contributed by atoms with Gasteiger partial charge in [-0.25, -0.2) is 22.6 Å². The molecule has 16 heteroatoms. The van der Waals surface area contributed by atoms with Gasteiger partial charge in [0.25, 0.3) is 5.91 Å². The van der Waals surface area contributed by atoms with Crippen molar-refractivity contribution in [2.75, 3.05) is 13.7 Å². The van der Waals surface area contributed by atoms with Gasteiger partial charge in [-0.1, -0.05) is 26.0 Å². The second kappa shape index (κ2) is 15.0. The number of carbonyl (C=O) groups excluding carboxylic acids is 4. The highest BCUT2D eigenvalue weighted by atomic mass is 32.2. The highest BCUT2D eigenvalue weighted by molar-refractivity contribution is 7.91. The van der Waals surface area contributed by atoms with Gasteiger partial charge in [0.2, 0.25) is 27.7 Å². The lowest BCUT2D eigenvalue weighted by Gasteiger charge is -2.33. The Labute approximate surface area is 315 Å². The number of benzene rings is 1. The first-order chi connectivity index (χ1) is 25.4. The predicted octanol–water partition coefficient (Wildman–Crippen LogP) is 4.12. The van der Waals surface area contributed by atoms with Crippen LogP contribution in [0.3, 0.4) is 0 Å². The minimum absolute atomic E-state index is 0.0387. The molecule has 1 saturated heterocycles. The Bertz CT molecular complexity index is 1950. The molecule has 4 aliphatic rings. The van der Waals surface area contributed by atoms with Crippen molar-refractivity contribution < 1.29 is 46.2 Å². The van der Waals surface area contributed by atoms with E-state index in [1.807, 2.05) is 19.1 Å². The van der Waals surface area contributed by atoms with Gasteiger partial charge in [-0.2, -0.15) is 0 Å². The summed E-state index contributed by atoms with van der Waals surface area (Å²) in [5, 5.41) is 5.51. The van der Waals surface area contributed by atoms with Crippen molar-refractivity contribution in [2.24, 2.45) is 17.8 Å². The molecule has 3 N–H and O–H groups in total. The summed E-state index contributed by atoms with van der Waals surface area (Å²) in [6.07, 6.45) is 6.54. The summed E-state index contributed by atoms with van der Waals surface area (Å²) in [7, 11) is -2.57. The first-order valence-corrected chi connectivity index (χ1v) is 20.1. The van der Waals surface area contributed by atoms with E-state index < -0.39 is 80.2 Å². The fourth-order valence-electron chi connectivity index (χ4n) is 7.51. The summed E-state index contributed by atoms with van der Waals surface area (Å²) in [5.74, 6) is -3.27. The van der Waals surface area contributed by atoms with Crippen LogP contribution in [0, 0.1) is 23.6 Å². The maximum absolute atomic E-state index is 15.2. The van der Waals surface area contributed by atoms with Crippen molar-refractivity contribution in [1.29, 1.82) is 0 Å². The van der Waals surface area contributed by atoms with Crippen LogP contribution in [0.4, 0.5) is 9.18 Å². The lowest BCUT2D eigenvalue weighted by atomic mass is 9.88. The van der Waals surface area contributed by atoms with E-state index >= 15 is 4.39 Å². The Morgan fingerprint density at radius 1 is 1.07 bits per heavy atom. The zero-order chi connectivity index (χ0) is 39.2. The highest BCUT2D eigenvalue weighted by Crippen LogP contribution is 2.46. The molecule has 54 heavy (non-hydrogen) atoms. The molecule has 0 radical (unpaired) electrons. The monoisotopic (exact) mass is 771 g/mol. The van der Waals surface area contributed by atoms with Crippen LogP contribution in [0.1, 0.15) is 79.6 Å². The lowest BCUT2D eigenvalue weighted by Crippen LogP contribution is -2.59. The van der Waals surface area contributed by atoms with Crippen molar-refractivity contribution >= 4 is 44.6 Å². The molecule has 1 aromatic heterocycles. The third-order valence-corrected chi connectivity index (χ3v) is 12.4. The third kappa shape index (κ3) is 8.42. The topological polar surface area (TPSA) is 182 Å². The van der Waals surface area contributed by atoms with E-state index in [2.05, 4.69) is 27.3 Å². The Morgan fingerprint density at radius 3 is 2.50 bits per heavy atom. The number of pyridine rings is 1. The quantitative estimate of drug-likeness (QED) is 0.347. The van der Waals surface area contributed by atoms with Gasteiger partial charge < -0.3 is 29.7 Å². The summed E-state index contributed by atoms with van der Waals surface area (Å²) in [4.78, 5) is 61.7. The summed E-state index contributed by atoms with van der Waals surface area (Å²) in [6.45, 7) is 8.94. The zero-order valence-electron chi connectivity index (χ0n) is 31.5. The standard InChI is InChI=1S/C38H50FN5O9S/c1-21-9-7-8-10-23-19-38(23,35(47)43-54(49,50)25-11-12-25)42-32(45)28-18-24(52-33-27-13-14-29(51-6)30(39)26(27)15-16-40-33)20-44(28)34(46)31(22(2)17-21)41-36(48)53-37(3,4)5/h8,10,13-16,21-25,28,31H,7,9,11-12,17-20H2,1-6H3,(H,41,48)(H,42,45)(H,43,47). The third-order valence-electron chi connectivity index (χ3n) is 10.6. The zero-order valence-corrected chi connectivity index (χ0v) is 32.3. The van der Waals surface area contributed by atoms with E-state index in [1.165, 1.54) is 30.3 Å². The minimum atomic E-state index is -3.92. The number of rotatable bonds is 7. The number of hydrogen-bond donors (Lipinski definition) is 3. The van der Waals surface area contributed by atoms with Crippen molar-refractivity contribution in [2.45, 2.75) is 114 Å². The number of ether oxygens (including phenoxy) is 3. The van der Waals surface area contributed by atoms with Crippen molar-refractivity contribution in [3.8, 4) is 11.6 Å². The Kier molecular flexibility index (Phi) is 10.9. The summed E-state index contributed by atoms with van der Waals surface area (Å²) in [6, 6.07) is 2.25. The number of aromatic nitrogens is 1. The van der Waals surface area contributed by atoms with Gasteiger partial charge >= 0.3 is 6.09 Å². The number of nitrogens with one attached hydrogen (secondary N) is 3. The second-order valence-electron chi connectivity index (χ2n) is 16.2. The molecule has 7 unspecified atom stereocenters. The highest BCUT2D eigenvalue weighted by Gasteiger charge is 2.62. The number of alkyl carbamates (subject to hydrolysis) is 1. The van der Waals surface area contributed by atoms with Crippen LogP contribution in [0.2, 0.25) is 0 Å². The number of sulfonamides is 1. The SMILES string of the molecule is COc1ccc2c(OC3CC4C(=O)NC5(C(=O)NS(=O)(=O)C6CC6)CC5C=CCCC(C)CC(C)C(NC(=O)OC(C)(C)C)C(=O)N4C3)nccc2c1F. The number of nitrogens with zero attached hydrogens (tertiary/aromatic N) is 2. The number of fused-ring (bicyclic) bond motifs is 3. The molecule has 0 bridgehead atoms. The lowest BCUT2D eigenvalue weighted by molar-refractivity contribution is -0.142. The number of halogens is 1. The fourth-order valence-corrected chi connectivity index (χ4v) is 8.88. The average Bonchev–Trinajstić information content (AvgIpc) is 4.02. The molecule has 7 atom stereocenters. The summed E-state index contributed by atoms with van der Waals surface area (Å²) < 4.78 is 60.1. The van der Waals surface area contributed by atoms with E-state index in [9.17, 15) is 27.6 Å². The molecule has 0 spiro atoms. The van der Waals surface area contributed by atoms with E-state index in [4.69, 9.17) is 14.2 Å². The molecule has 3 heterocycles. The first kappa shape index (κ1) is 39.2. The summed E-state index contributed by atoms with van der Waals surface area (Å²) >= 11 is 0. The van der Waals surface area contributed by atoms with Gasteiger partial charge in [0.15, 0.2) is 11.6 Å². The maximum atomic E-state index is 15.2. The first-order valence-electron chi connectivity index (χ1n) is 18.5. The molecule has 294 valence electrons. The molecule has 3 fully saturated rings. The van der Waals surface area contributed by atoms with Gasteiger partial charge in [0.05, 0.1) is 18.9 Å². The smallest absolute Gasteiger partial charge is 0.408 e. The van der Waals surface area contributed by atoms with E-state index in [1.54, 1.807) is 26.8 Å². The van der Waals surface area contributed by atoms with Crippen LogP contribution >= 0.6 is 0 Å². The molecule has 1 aromatic carbocycles. The second-order valence-corrected chi connectivity index (χ2v) is 18.1. The van der Waals surface area contributed by atoms with Crippen LogP contribution in [0.25, 0.3) is 10.8 Å². The molecule has 2 aromatic rings. The van der Waals surface area contributed by atoms with Gasteiger partial charge in [-0.3, -0.25) is 19.1 Å². The molecular weight excluding hydrogens is 722 g/mol. The van der Waals surface area contributed by atoms with E-state index in [-0.39, 0.29) is 48.2 Å². The normalized spacial score (nSPS) is 29.2. The van der Waals surface area contributed by atoms with Crippen LogP contribution in [-0.4, -0.2) is 90.3 Å². The Morgan fingerprint density at radius 2 is 1.81 bits per heavy atom. The van der Waals surface area contributed by atoms with Gasteiger partial charge in [0, 0.05) is 29.3 Å². The molecule has 2 aliphatic carbocycles. The van der Waals surface area contributed by atoms with Gasteiger partial charge in [0.1, 0.15) is 29.3 Å². The average molecular weight is 772 g/mol. The maximum Gasteiger partial charge on any atom is 0.408 e. The van der Waals surface area contributed by atoms with Crippen LogP contribution in [0.15, 0.2) is 36.5 Å². The molecular formula is C38H50FN5O9S. The number of carbonyl (C=O) groups is 4. The summed E-state index contributed by atoms with van der Waals surface area (Å²) in [5.41, 5.74) is -2.40. The van der Waals surface area contributed by atoms with Crippen LogP contribution in [-0.2, 0) is 29.1 Å². The van der Waals surface area contributed by atoms with Crippen molar-refractivity contribution in [1.82, 2.24) is 25.2 Å². The Hall–Kier alpha value is -4.47. The predicted molar refractivity (Wildman–Crippen MR) is 196 cm³/mol. The number of hydrogen-bond acceptors (Lipinski definition) is 10. The molecule has 14 nitrogen and oxygen atoms in total. The van der Waals surface area contributed by atoms with E-state index in [0.717, 1.165) is 6.42 Å². The largest absolute Gasteiger partial charge is 0.494 e. The number of amides is 4. The fraction of sp³-hybridized carbons (Fsp3) is 0.605. The number of allylic oxidation sites excluding steroid dienone is 1. The molecule has 4 amide bonds. The van der Waals surface area contributed by atoms with Crippen molar-refractivity contribution in [3.05, 3.63) is 42.4 Å². The van der Waals surface area contributed by atoms with Crippen molar-refractivity contribution in [3.63, 3.8) is 0 Å². The van der Waals surface area contributed by atoms with Crippen LogP contribution < -0.4 is 24.8 Å². The number of methoxy groups -OCH3 is 1. The minimum Gasteiger partial charge on any atom is -0.494 e. The van der Waals surface area contributed by atoms with Crippen LogP contribution in [0.5, 0.6) is 11.6 Å². The molecule has 6 rings (SSSR count). The van der Waals surface area contributed by atoms with Gasteiger partial charge in [-0.05, 0) is 89.3 Å². The molecule has 2 saturated carbocycles. The Balaban J connectivity index is 1.35.